The number of nitrogens with zero attached hydrogens (tertiary/aromatic N) is 2. The van der Waals surface area contributed by atoms with E-state index in [1.54, 1.807) is 24.7 Å². The van der Waals surface area contributed by atoms with E-state index in [2.05, 4.69) is 10.3 Å². The number of carbonyl (C=O) groups excluding carboxylic acids is 1. The summed E-state index contributed by atoms with van der Waals surface area (Å²) in [6.07, 6.45) is 5.78. The SMILES string of the molecule is CCCC(C(=O)NC(CC(=O)O)c1cncc(-c2c(C)cccc2C)c1)n1ccc(C)cc1=O. The number of pyridine rings is 2. The van der Waals surface area contributed by atoms with Crippen LogP contribution in [0.1, 0.15) is 60.5 Å². The molecule has 0 aliphatic rings. The van der Waals surface area contributed by atoms with Crippen LogP contribution in [-0.4, -0.2) is 26.5 Å². The minimum Gasteiger partial charge on any atom is -0.481 e. The lowest BCUT2D eigenvalue weighted by molar-refractivity contribution is -0.138. The zero-order chi connectivity index (χ0) is 24.8. The lowest BCUT2D eigenvalue weighted by Crippen LogP contribution is -2.39. The van der Waals surface area contributed by atoms with Crippen LogP contribution < -0.4 is 10.9 Å². The predicted molar refractivity (Wildman–Crippen MR) is 132 cm³/mol. The van der Waals surface area contributed by atoms with E-state index in [1.807, 2.05) is 52.0 Å². The molecule has 3 rings (SSSR count). The number of amides is 1. The summed E-state index contributed by atoms with van der Waals surface area (Å²) in [5.74, 6) is -1.43. The Kier molecular flexibility index (Phi) is 7.99. The number of aryl methyl sites for hydroxylation is 3. The third-order valence-corrected chi connectivity index (χ3v) is 5.93. The van der Waals surface area contributed by atoms with Crippen molar-refractivity contribution in [3.8, 4) is 11.1 Å². The van der Waals surface area contributed by atoms with Crippen LogP contribution in [0.3, 0.4) is 0 Å². The van der Waals surface area contributed by atoms with Gasteiger partial charge in [0.25, 0.3) is 5.56 Å². The monoisotopic (exact) mass is 461 g/mol. The van der Waals surface area contributed by atoms with Gasteiger partial charge in [0.15, 0.2) is 0 Å². The minimum absolute atomic E-state index is 0.262. The van der Waals surface area contributed by atoms with Gasteiger partial charge in [-0.05, 0) is 67.1 Å². The lowest BCUT2D eigenvalue weighted by Gasteiger charge is -2.24. The van der Waals surface area contributed by atoms with E-state index in [0.717, 1.165) is 27.8 Å². The summed E-state index contributed by atoms with van der Waals surface area (Å²) >= 11 is 0. The maximum absolute atomic E-state index is 13.3. The van der Waals surface area contributed by atoms with Gasteiger partial charge in [0, 0.05) is 30.2 Å². The van der Waals surface area contributed by atoms with Crippen LogP contribution in [0.25, 0.3) is 11.1 Å². The zero-order valence-electron chi connectivity index (χ0n) is 20.0. The van der Waals surface area contributed by atoms with Crippen molar-refractivity contribution in [3.63, 3.8) is 0 Å². The summed E-state index contributed by atoms with van der Waals surface area (Å²) < 4.78 is 1.41. The number of carboxylic acid groups (broad SMARTS) is 1. The average molecular weight is 462 g/mol. The lowest BCUT2D eigenvalue weighted by atomic mass is 9.94. The predicted octanol–water partition coefficient (Wildman–Crippen LogP) is 4.51. The van der Waals surface area contributed by atoms with E-state index >= 15 is 0 Å². The van der Waals surface area contributed by atoms with Crippen LogP contribution in [-0.2, 0) is 9.59 Å². The molecule has 2 N–H and O–H groups in total. The summed E-state index contributed by atoms with van der Waals surface area (Å²) in [7, 11) is 0. The van der Waals surface area contributed by atoms with Crippen molar-refractivity contribution in [2.75, 3.05) is 0 Å². The van der Waals surface area contributed by atoms with E-state index < -0.39 is 24.0 Å². The molecule has 0 saturated carbocycles. The summed E-state index contributed by atoms with van der Waals surface area (Å²) in [5.41, 5.74) is 5.21. The number of carboxylic acids is 1. The van der Waals surface area contributed by atoms with Gasteiger partial charge in [-0.1, -0.05) is 31.5 Å². The Balaban J connectivity index is 1.96. The van der Waals surface area contributed by atoms with Crippen molar-refractivity contribution < 1.29 is 14.7 Å². The fourth-order valence-electron chi connectivity index (χ4n) is 4.27. The Morgan fingerprint density at radius 1 is 1.09 bits per heavy atom. The number of aromatic nitrogens is 2. The van der Waals surface area contributed by atoms with Gasteiger partial charge in [-0.25, -0.2) is 0 Å². The molecule has 2 atom stereocenters. The van der Waals surface area contributed by atoms with Gasteiger partial charge < -0.3 is 15.0 Å². The number of benzene rings is 1. The van der Waals surface area contributed by atoms with Crippen LogP contribution in [0.5, 0.6) is 0 Å². The van der Waals surface area contributed by atoms with Gasteiger partial charge >= 0.3 is 5.97 Å². The maximum atomic E-state index is 13.3. The molecule has 2 aromatic heterocycles. The molecule has 2 heterocycles. The van der Waals surface area contributed by atoms with Gasteiger partial charge in [-0.3, -0.25) is 19.4 Å². The van der Waals surface area contributed by atoms with Crippen molar-refractivity contribution >= 4 is 11.9 Å². The molecule has 1 aromatic carbocycles. The van der Waals surface area contributed by atoms with Crippen LogP contribution in [0.15, 0.2) is 59.8 Å². The van der Waals surface area contributed by atoms with E-state index in [-0.39, 0.29) is 12.0 Å². The Labute approximate surface area is 199 Å². The molecule has 0 bridgehead atoms. The first-order valence-electron chi connectivity index (χ1n) is 11.4. The summed E-state index contributed by atoms with van der Waals surface area (Å²) in [4.78, 5) is 41.9. The van der Waals surface area contributed by atoms with Crippen LogP contribution in [0, 0.1) is 20.8 Å². The molecule has 2 unspecified atom stereocenters. The number of nitrogens with one attached hydrogen (secondary N) is 1. The van der Waals surface area contributed by atoms with Crippen molar-refractivity contribution in [2.45, 2.75) is 59.0 Å². The van der Waals surface area contributed by atoms with Gasteiger partial charge in [-0.15, -0.1) is 0 Å². The average Bonchev–Trinajstić information content (AvgIpc) is 2.77. The Morgan fingerprint density at radius 2 is 1.79 bits per heavy atom. The van der Waals surface area contributed by atoms with Gasteiger partial charge in [-0.2, -0.15) is 0 Å². The van der Waals surface area contributed by atoms with Gasteiger partial charge in [0.05, 0.1) is 12.5 Å². The quantitative estimate of drug-likeness (QED) is 0.488. The number of hydrogen-bond donors (Lipinski definition) is 2. The molecule has 3 aromatic rings. The van der Waals surface area contributed by atoms with E-state index in [4.69, 9.17) is 0 Å². The first-order chi connectivity index (χ1) is 16.2. The third kappa shape index (κ3) is 5.78. The highest BCUT2D eigenvalue weighted by Gasteiger charge is 2.26. The maximum Gasteiger partial charge on any atom is 0.305 e. The highest BCUT2D eigenvalue weighted by molar-refractivity contribution is 5.81. The van der Waals surface area contributed by atoms with Crippen molar-refractivity contribution in [1.82, 2.24) is 14.9 Å². The molecule has 0 saturated heterocycles. The Hall–Kier alpha value is -3.74. The standard InChI is InChI=1S/C27H31N3O4/c1-5-7-23(30-11-10-17(2)12-24(30)31)27(34)29-22(14-25(32)33)20-13-21(16-28-15-20)26-18(3)8-6-9-19(26)4/h6,8-13,15-16,22-23H,5,7,14H2,1-4H3,(H,29,34)(H,32,33). The molecule has 178 valence electrons. The van der Waals surface area contributed by atoms with Crippen LogP contribution >= 0.6 is 0 Å². The summed E-state index contributed by atoms with van der Waals surface area (Å²) in [6, 6.07) is 9.64. The molecule has 7 nitrogen and oxygen atoms in total. The third-order valence-electron chi connectivity index (χ3n) is 5.93. The summed E-state index contributed by atoms with van der Waals surface area (Å²) in [6.45, 7) is 7.78. The normalized spacial score (nSPS) is 12.7. The number of aliphatic carboxylic acids is 1. The zero-order valence-corrected chi connectivity index (χ0v) is 20.0. The second-order valence-corrected chi connectivity index (χ2v) is 8.69. The minimum atomic E-state index is -1.04. The largest absolute Gasteiger partial charge is 0.481 e. The number of rotatable bonds is 9. The van der Waals surface area contributed by atoms with Crippen LogP contribution in [0.2, 0.25) is 0 Å². The topological polar surface area (TPSA) is 101 Å². The van der Waals surface area contributed by atoms with Gasteiger partial charge in [0.2, 0.25) is 5.91 Å². The van der Waals surface area contributed by atoms with Crippen molar-refractivity contribution in [2.24, 2.45) is 0 Å². The molecule has 0 fully saturated rings. The van der Waals surface area contributed by atoms with Crippen molar-refractivity contribution in [1.29, 1.82) is 0 Å². The van der Waals surface area contributed by atoms with Crippen molar-refractivity contribution in [3.05, 3.63) is 87.6 Å². The van der Waals surface area contributed by atoms with E-state index in [9.17, 15) is 19.5 Å². The molecule has 0 aliphatic carbocycles. The van der Waals surface area contributed by atoms with Crippen LogP contribution in [0.4, 0.5) is 0 Å². The highest BCUT2D eigenvalue weighted by atomic mass is 16.4. The highest BCUT2D eigenvalue weighted by Crippen LogP contribution is 2.29. The van der Waals surface area contributed by atoms with E-state index in [1.165, 1.54) is 10.6 Å². The second kappa shape index (κ2) is 10.9. The Bertz CT molecular complexity index is 1230. The molecule has 0 aliphatic heterocycles. The molecule has 7 heteroatoms. The summed E-state index contributed by atoms with van der Waals surface area (Å²) in [5, 5.41) is 12.4. The fourth-order valence-corrected chi connectivity index (χ4v) is 4.27. The molecule has 1 amide bonds. The van der Waals surface area contributed by atoms with E-state index in [0.29, 0.717) is 18.4 Å². The molecule has 34 heavy (non-hydrogen) atoms. The second-order valence-electron chi connectivity index (χ2n) is 8.69. The van der Waals surface area contributed by atoms with Gasteiger partial charge in [0.1, 0.15) is 6.04 Å². The molecule has 0 radical (unpaired) electrons. The first kappa shape index (κ1) is 24.9. The molecule has 0 spiro atoms. The fraction of sp³-hybridized carbons (Fsp3) is 0.333. The Morgan fingerprint density at radius 3 is 2.41 bits per heavy atom. The molecular weight excluding hydrogens is 430 g/mol. The smallest absolute Gasteiger partial charge is 0.305 e. The molecular formula is C27H31N3O4. The number of hydrogen-bond acceptors (Lipinski definition) is 4. The first-order valence-corrected chi connectivity index (χ1v) is 11.4. The number of carbonyl (C=O) groups is 2.